The quantitative estimate of drug-likeness (QED) is 0.644. The van der Waals surface area contributed by atoms with Crippen molar-refractivity contribution in [3.63, 3.8) is 0 Å². The highest BCUT2D eigenvalue weighted by molar-refractivity contribution is 5.69. The molecule has 0 fully saturated rings. The molecule has 0 saturated carbocycles. The SMILES string of the molecule is C[C](CO)c1cc(OC(C)=O)cc(C(C)C)c1. The standard InChI is InChI=1S/C14H19O3/c1-9(2)12-5-13(10(3)8-15)7-14(6-12)17-11(4)16/h5-7,9,15H,8H2,1-4H3. The maximum Gasteiger partial charge on any atom is 0.308 e. The van der Waals surface area contributed by atoms with Crippen LogP contribution in [0, 0.1) is 5.92 Å². The Hall–Kier alpha value is -1.35. The molecule has 0 amide bonds. The second-order valence-electron chi connectivity index (χ2n) is 4.48. The van der Waals surface area contributed by atoms with Gasteiger partial charge in [0.25, 0.3) is 0 Å². The van der Waals surface area contributed by atoms with Crippen LogP contribution < -0.4 is 4.74 Å². The minimum atomic E-state index is -0.335. The van der Waals surface area contributed by atoms with Gasteiger partial charge in [0.1, 0.15) is 5.75 Å². The van der Waals surface area contributed by atoms with Crippen molar-refractivity contribution in [2.45, 2.75) is 33.6 Å². The van der Waals surface area contributed by atoms with Crippen LogP contribution in [0.3, 0.4) is 0 Å². The number of carbonyl (C=O) groups excluding carboxylic acids is 1. The zero-order valence-electron chi connectivity index (χ0n) is 10.8. The number of esters is 1. The smallest absolute Gasteiger partial charge is 0.308 e. The van der Waals surface area contributed by atoms with Crippen LogP contribution in [0.1, 0.15) is 44.7 Å². The third-order valence-electron chi connectivity index (χ3n) is 2.59. The molecule has 3 heteroatoms. The van der Waals surface area contributed by atoms with Crippen molar-refractivity contribution in [3.05, 3.63) is 35.2 Å². The van der Waals surface area contributed by atoms with E-state index in [-0.39, 0.29) is 12.6 Å². The molecular weight excluding hydrogens is 216 g/mol. The summed E-state index contributed by atoms with van der Waals surface area (Å²) in [6.45, 7) is 7.39. The molecule has 0 bridgehead atoms. The molecule has 0 atom stereocenters. The Morgan fingerprint density at radius 2 is 1.94 bits per heavy atom. The van der Waals surface area contributed by atoms with E-state index >= 15 is 0 Å². The summed E-state index contributed by atoms with van der Waals surface area (Å²) in [5, 5.41) is 9.15. The Balaban J connectivity index is 3.13. The van der Waals surface area contributed by atoms with Gasteiger partial charge in [-0.3, -0.25) is 4.79 Å². The van der Waals surface area contributed by atoms with Crippen molar-refractivity contribution in [1.29, 1.82) is 0 Å². The van der Waals surface area contributed by atoms with E-state index in [1.54, 1.807) is 6.07 Å². The molecule has 0 aliphatic heterocycles. The van der Waals surface area contributed by atoms with Crippen molar-refractivity contribution < 1.29 is 14.6 Å². The first-order valence-electron chi connectivity index (χ1n) is 5.71. The number of aliphatic hydroxyl groups is 1. The third-order valence-corrected chi connectivity index (χ3v) is 2.59. The molecule has 3 nitrogen and oxygen atoms in total. The summed E-state index contributed by atoms with van der Waals surface area (Å²) in [4.78, 5) is 11.0. The molecule has 0 aliphatic carbocycles. The molecule has 0 heterocycles. The van der Waals surface area contributed by atoms with E-state index in [0.29, 0.717) is 11.7 Å². The highest BCUT2D eigenvalue weighted by atomic mass is 16.5. The number of carbonyl (C=O) groups is 1. The summed E-state index contributed by atoms with van der Waals surface area (Å²) in [5.41, 5.74) is 2.00. The average Bonchev–Trinajstić information content (AvgIpc) is 2.26. The van der Waals surface area contributed by atoms with Gasteiger partial charge in [-0.1, -0.05) is 26.8 Å². The number of hydrogen-bond acceptors (Lipinski definition) is 3. The largest absolute Gasteiger partial charge is 0.427 e. The molecule has 0 unspecified atom stereocenters. The predicted molar refractivity (Wildman–Crippen MR) is 66.9 cm³/mol. The predicted octanol–water partition coefficient (Wildman–Crippen LogP) is 2.67. The lowest BCUT2D eigenvalue weighted by Gasteiger charge is -2.14. The Bertz CT molecular complexity index is 396. The summed E-state index contributed by atoms with van der Waals surface area (Å²) < 4.78 is 5.11. The van der Waals surface area contributed by atoms with E-state index < -0.39 is 0 Å². The van der Waals surface area contributed by atoms with E-state index in [1.165, 1.54) is 6.92 Å². The maximum atomic E-state index is 11.0. The van der Waals surface area contributed by atoms with Crippen LogP contribution in [0.2, 0.25) is 0 Å². The highest BCUT2D eigenvalue weighted by Gasteiger charge is 2.11. The highest BCUT2D eigenvalue weighted by Crippen LogP contribution is 2.26. The van der Waals surface area contributed by atoms with Crippen molar-refractivity contribution in [1.82, 2.24) is 0 Å². The summed E-state index contributed by atoms with van der Waals surface area (Å²) in [6, 6.07) is 5.66. The Kier molecular flexibility index (Phi) is 4.70. The number of rotatable bonds is 4. The topological polar surface area (TPSA) is 46.5 Å². The fourth-order valence-corrected chi connectivity index (χ4v) is 1.52. The molecule has 1 aromatic carbocycles. The Labute approximate surface area is 102 Å². The second-order valence-corrected chi connectivity index (χ2v) is 4.48. The maximum absolute atomic E-state index is 11.0. The van der Waals surface area contributed by atoms with E-state index in [2.05, 4.69) is 13.8 Å². The molecule has 0 saturated heterocycles. The van der Waals surface area contributed by atoms with Crippen LogP contribution in [0.4, 0.5) is 0 Å². The molecule has 0 spiro atoms. The van der Waals surface area contributed by atoms with Gasteiger partial charge in [0.15, 0.2) is 0 Å². The van der Waals surface area contributed by atoms with Crippen LogP contribution in [-0.2, 0) is 4.79 Å². The van der Waals surface area contributed by atoms with Crippen molar-refractivity contribution in [2.75, 3.05) is 6.61 Å². The van der Waals surface area contributed by atoms with Crippen LogP contribution >= 0.6 is 0 Å². The number of benzene rings is 1. The molecule has 93 valence electrons. The molecular formula is C14H19O3. The molecule has 17 heavy (non-hydrogen) atoms. The van der Waals surface area contributed by atoms with Crippen LogP contribution in [0.15, 0.2) is 18.2 Å². The summed E-state index contributed by atoms with van der Waals surface area (Å²) >= 11 is 0. The van der Waals surface area contributed by atoms with E-state index in [4.69, 9.17) is 9.84 Å². The minimum Gasteiger partial charge on any atom is -0.427 e. The van der Waals surface area contributed by atoms with Crippen LogP contribution in [-0.4, -0.2) is 17.7 Å². The Morgan fingerprint density at radius 3 is 2.41 bits per heavy atom. The fraction of sp³-hybridized carbons (Fsp3) is 0.429. The lowest BCUT2D eigenvalue weighted by atomic mass is 9.95. The van der Waals surface area contributed by atoms with Gasteiger partial charge in [-0.15, -0.1) is 0 Å². The van der Waals surface area contributed by atoms with E-state index in [0.717, 1.165) is 17.0 Å². The van der Waals surface area contributed by atoms with Crippen LogP contribution in [0.25, 0.3) is 0 Å². The zero-order chi connectivity index (χ0) is 13.0. The number of ether oxygens (including phenoxy) is 1. The van der Waals surface area contributed by atoms with Gasteiger partial charge in [0.05, 0.1) is 6.61 Å². The number of aliphatic hydroxyl groups excluding tert-OH is 1. The third kappa shape index (κ3) is 3.86. The minimum absolute atomic E-state index is 0.00105. The normalized spacial score (nSPS) is 11.0. The fourth-order valence-electron chi connectivity index (χ4n) is 1.52. The summed E-state index contributed by atoms with van der Waals surface area (Å²) in [7, 11) is 0. The summed E-state index contributed by atoms with van der Waals surface area (Å²) in [5.74, 6) is 1.40. The van der Waals surface area contributed by atoms with Crippen molar-refractivity contribution in [3.8, 4) is 5.75 Å². The van der Waals surface area contributed by atoms with Crippen LogP contribution in [0.5, 0.6) is 5.75 Å². The Morgan fingerprint density at radius 1 is 1.29 bits per heavy atom. The van der Waals surface area contributed by atoms with Gasteiger partial charge >= 0.3 is 5.97 Å². The number of hydrogen-bond donors (Lipinski definition) is 1. The van der Waals surface area contributed by atoms with E-state index in [9.17, 15) is 4.79 Å². The molecule has 1 N–H and O–H groups in total. The average molecular weight is 235 g/mol. The zero-order valence-corrected chi connectivity index (χ0v) is 10.8. The first kappa shape index (κ1) is 13.7. The van der Waals surface area contributed by atoms with Gasteiger partial charge in [0, 0.05) is 12.8 Å². The first-order chi connectivity index (χ1) is 7.93. The lowest BCUT2D eigenvalue weighted by molar-refractivity contribution is -0.131. The van der Waals surface area contributed by atoms with E-state index in [1.807, 2.05) is 19.1 Å². The molecule has 1 radical (unpaired) electrons. The lowest BCUT2D eigenvalue weighted by Crippen LogP contribution is -2.06. The molecule has 1 aromatic rings. The molecule has 0 aromatic heterocycles. The molecule has 0 aliphatic rings. The van der Waals surface area contributed by atoms with Gasteiger partial charge in [0.2, 0.25) is 0 Å². The van der Waals surface area contributed by atoms with Crippen molar-refractivity contribution >= 4 is 5.97 Å². The first-order valence-corrected chi connectivity index (χ1v) is 5.71. The van der Waals surface area contributed by atoms with Gasteiger partial charge in [-0.25, -0.2) is 0 Å². The van der Waals surface area contributed by atoms with Crippen molar-refractivity contribution in [2.24, 2.45) is 0 Å². The monoisotopic (exact) mass is 235 g/mol. The van der Waals surface area contributed by atoms with Gasteiger partial charge in [-0.2, -0.15) is 0 Å². The van der Waals surface area contributed by atoms with Gasteiger partial charge < -0.3 is 9.84 Å². The molecule has 1 rings (SSSR count). The summed E-state index contributed by atoms with van der Waals surface area (Å²) in [6.07, 6.45) is 0. The van der Waals surface area contributed by atoms with Gasteiger partial charge in [-0.05, 0) is 29.2 Å². The second kappa shape index (κ2) is 5.82.